The van der Waals surface area contributed by atoms with Gasteiger partial charge in [-0.05, 0) is 17.7 Å². The molecule has 0 aliphatic heterocycles. The Morgan fingerprint density at radius 3 is 2.45 bits per heavy atom. The molecule has 0 radical (unpaired) electrons. The van der Waals surface area contributed by atoms with Crippen molar-refractivity contribution >= 4 is 27.5 Å². The predicted molar refractivity (Wildman–Crippen MR) is 49.7 cm³/mol. The first kappa shape index (κ1) is 9.04. The lowest BCUT2D eigenvalue weighted by Gasteiger charge is -1.99. The van der Waals surface area contributed by atoms with Crippen LogP contribution in [0.5, 0.6) is 0 Å². The molecular formula is C8H8BrClO. The van der Waals surface area contributed by atoms with Crippen LogP contribution in [0.2, 0.25) is 0 Å². The molecule has 0 N–H and O–H groups in total. The van der Waals surface area contributed by atoms with Gasteiger partial charge in [-0.2, -0.15) is 0 Å². The highest BCUT2D eigenvalue weighted by Crippen LogP contribution is 2.10. The van der Waals surface area contributed by atoms with Crippen molar-refractivity contribution in [3.05, 3.63) is 34.3 Å². The summed E-state index contributed by atoms with van der Waals surface area (Å²) >= 11 is 8.70. The quantitative estimate of drug-likeness (QED) is 0.731. The number of hydrogen-bond donors (Lipinski definition) is 0. The number of ether oxygens (including phenoxy) is 1. The molecule has 1 aromatic rings. The van der Waals surface area contributed by atoms with E-state index in [9.17, 15) is 0 Å². The van der Waals surface area contributed by atoms with Crippen molar-refractivity contribution in [3.63, 3.8) is 0 Å². The van der Waals surface area contributed by atoms with E-state index in [2.05, 4.69) is 15.9 Å². The van der Waals surface area contributed by atoms with Gasteiger partial charge in [-0.1, -0.05) is 39.7 Å². The van der Waals surface area contributed by atoms with Crippen molar-refractivity contribution in [2.24, 2.45) is 0 Å². The van der Waals surface area contributed by atoms with E-state index in [-0.39, 0.29) is 6.07 Å². The molecular weight excluding hydrogens is 227 g/mol. The van der Waals surface area contributed by atoms with Gasteiger partial charge in [0.05, 0.1) is 6.61 Å². The Bertz CT molecular complexity index is 210. The molecule has 0 bridgehead atoms. The first-order valence-corrected chi connectivity index (χ1v) is 4.54. The van der Waals surface area contributed by atoms with Gasteiger partial charge in [0.15, 0.2) is 0 Å². The van der Waals surface area contributed by atoms with Gasteiger partial charge in [0.2, 0.25) is 0 Å². The van der Waals surface area contributed by atoms with Crippen LogP contribution in [0, 0.1) is 0 Å². The van der Waals surface area contributed by atoms with E-state index in [4.69, 9.17) is 16.3 Å². The van der Waals surface area contributed by atoms with Crippen molar-refractivity contribution < 1.29 is 4.74 Å². The van der Waals surface area contributed by atoms with Crippen LogP contribution < -0.4 is 0 Å². The second kappa shape index (κ2) is 4.75. The predicted octanol–water partition coefficient (Wildman–Crippen LogP) is 3.16. The zero-order valence-electron chi connectivity index (χ0n) is 5.89. The Labute approximate surface area is 79.4 Å². The number of benzene rings is 1. The molecule has 1 nitrogen and oxygen atoms in total. The van der Waals surface area contributed by atoms with Gasteiger partial charge in [0, 0.05) is 4.47 Å². The van der Waals surface area contributed by atoms with Gasteiger partial charge in [-0.15, -0.1) is 0 Å². The Kier molecular flexibility index (Phi) is 3.91. The van der Waals surface area contributed by atoms with Crippen LogP contribution >= 0.6 is 27.5 Å². The molecule has 0 aliphatic carbocycles. The standard InChI is InChI=1S/C8H8BrClO/c9-8-3-1-7(2-4-8)5-11-6-10/h1-4H,5-6H2. The summed E-state index contributed by atoms with van der Waals surface area (Å²) in [5.41, 5.74) is 1.13. The topological polar surface area (TPSA) is 9.23 Å². The van der Waals surface area contributed by atoms with Gasteiger partial charge in [-0.25, -0.2) is 0 Å². The molecule has 60 valence electrons. The van der Waals surface area contributed by atoms with Crippen LogP contribution in [0.4, 0.5) is 0 Å². The largest absolute Gasteiger partial charge is 0.361 e. The van der Waals surface area contributed by atoms with Crippen molar-refractivity contribution in [3.8, 4) is 0 Å². The van der Waals surface area contributed by atoms with E-state index in [0.29, 0.717) is 6.61 Å². The van der Waals surface area contributed by atoms with E-state index < -0.39 is 0 Å². The van der Waals surface area contributed by atoms with Gasteiger partial charge in [0.25, 0.3) is 0 Å². The minimum absolute atomic E-state index is 0.246. The molecule has 0 saturated heterocycles. The van der Waals surface area contributed by atoms with Crippen LogP contribution in [-0.4, -0.2) is 6.07 Å². The second-order valence-corrected chi connectivity index (χ2v) is 3.22. The van der Waals surface area contributed by atoms with E-state index in [1.807, 2.05) is 24.3 Å². The summed E-state index contributed by atoms with van der Waals surface area (Å²) in [7, 11) is 0. The van der Waals surface area contributed by atoms with Crippen LogP contribution in [0.3, 0.4) is 0 Å². The maximum Gasteiger partial charge on any atom is 0.121 e. The summed E-state index contributed by atoms with van der Waals surface area (Å²) in [6.07, 6.45) is 0. The Morgan fingerprint density at radius 2 is 1.91 bits per heavy atom. The lowest BCUT2D eigenvalue weighted by molar-refractivity contribution is 0.165. The molecule has 0 atom stereocenters. The highest BCUT2D eigenvalue weighted by molar-refractivity contribution is 9.10. The van der Waals surface area contributed by atoms with Crippen LogP contribution in [0.25, 0.3) is 0 Å². The van der Waals surface area contributed by atoms with E-state index in [1.165, 1.54) is 0 Å². The van der Waals surface area contributed by atoms with Crippen LogP contribution in [0.15, 0.2) is 28.7 Å². The first-order chi connectivity index (χ1) is 5.33. The minimum atomic E-state index is 0.246. The maximum absolute atomic E-state index is 5.35. The lowest BCUT2D eigenvalue weighted by atomic mass is 10.2. The molecule has 0 aromatic heterocycles. The van der Waals surface area contributed by atoms with E-state index >= 15 is 0 Å². The average Bonchev–Trinajstić information content (AvgIpc) is 2.04. The molecule has 3 heteroatoms. The van der Waals surface area contributed by atoms with Gasteiger partial charge < -0.3 is 4.74 Å². The fourth-order valence-electron chi connectivity index (χ4n) is 0.737. The minimum Gasteiger partial charge on any atom is -0.361 e. The summed E-state index contributed by atoms with van der Waals surface area (Å²) in [5, 5.41) is 0. The maximum atomic E-state index is 5.35. The number of hydrogen-bond acceptors (Lipinski definition) is 1. The number of rotatable bonds is 3. The SMILES string of the molecule is ClCOCc1ccc(Br)cc1. The molecule has 0 amide bonds. The first-order valence-electron chi connectivity index (χ1n) is 3.21. The molecule has 11 heavy (non-hydrogen) atoms. The molecule has 0 aliphatic rings. The molecule has 0 saturated carbocycles. The van der Waals surface area contributed by atoms with Crippen molar-refractivity contribution in [2.45, 2.75) is 6.61 Å². The summed E-state index contributed by atoms with van der Waals surface area (Å²) < 4.78 is 6.09. The van der Waals surface area contributed by atoms with Gasteiger partial charge in [-0.3, -0.25) is 0 Å². The zero-order chi connectivity index (χ0) is 8.10. The van der Waals surface area contributed by atoms with Crippen molar-refractivity contribution in [2.75, 3.05) is 6.07 Å². The number of halogens is 2. The zero-order valence-corrected chi connectivity index (χ0v) is 8.23. The summed E-state index contributed by atoms with van der Waals surface area (Å²) in [6, 6.07) is 8.20. The highest BCUT2D eigenvalue weighted by Gasteiger charge is 1.91. The fraction of sp³-hybridized carbons (Fsp3) is 0.250. The molecule has 1 aromatic carbocycles. The smallest absolute Gasteiger partial charge is 0.121 e. The molecule has 0 spiro atoms. The molecule has 0 fully saturated rings. The summed E-state index contributed by atoms with van der Waals surface area (Å²) in [6.45, 7) is 0.580. The fourth-order valence-corrected chi connectivity index (χ4v) is 1.08. The normalized spacial score (nSPS) is 10.0. The third kappa shape index (κ3) is 3.23. The monoisotopic (exact) mass is 234 g/mol. The Hall–Kier alpha value is -0.0500. The molecule has 0 unspecified atom stereocenters. The third-order valence-corrected chi connectivity index (χ3v) is 1.94. The average molecular weight is 236 g/mol. The third-order valence-electron chi connectivity index (χ3n) is 1.26. The molecule has 0 heterocycles. The van der Waals surface area contributed by atoms with Gasteiger partial charge in [0.1, 0.15) is 6.07 Å². The Morgan fingerprint density at radius 1 is 1.27 bits per heavy atom. The molecule has 1 rings (SSSR count). The highest BCUT2D eigenvalue weighted by atomic mass is 79.9. The summed E-state index contributed by atoms with van der Waals surface area (Å²) in [5.74, 6) is 0. The Balaban J connectivity index is 2.52. The van der Waals surface area contributed by atoms with E-state index in [0.717, 1.165) is 10.0 Å². The van der Waals surface area contributed by atoms with Crippen LogP contribution in [-0.2, 0) is 11.3 Å². The second-order valence-electron chi connectivity index (χ2n) is 2.08. The van der Waals surface area contributed by atoms with E-state index in [1.54, 1.807) is 0 Å². The van der Waals surface area contributed by atoms with Crippen molar-refractivity contribution in [1.82, 2.24) is 0 Å². The van der Waals surface area contributed by atoms with Gasteiger partial charge >= 0.3 is 0 Å². The van der Waals surface area contributed by atoms with Crippen LogP contribution in [0.1, 0.15) is 5.56 Å². The summed E-state index contributed by atoms with van der Waals surface area (Å²) in [4.78, 5) is 0. The number of alkyl halides is 1. The van der Waals surface area contributed by atoms with Crippen molar-refractivity contribution in [1.29, 1.82) is 0 Å². The lowest BCUT2D eigenvalue weighted by Crippen LogP contribution is -1.88.